The Morgan fingerprint density at radius 1 is 0.812 bits per heavy atom. The summed E-state index contributed by atoms with van der Waals surface area (Å²) in [6.45, 7) is 2.54. The first-order valence-corrected chi connectivity index (χ1v) is 6.78. The average Bonchev–Trinajstić information content (AvgIpc) is 2.80. The summed E-state index contributed by atoms with van der Waals surface area (Å²) in [5, 5.41) is 0. The first-order chi connectivity index (χ1) is 7.88. The van der Waals surface area contributed by atoms with E-state index in [0.717, 1.165) is 38.6 Å². The van der Waals surface area contributed by atoms with Crippen molar-refractivity contribution in [3.05, 3.63) is 0 Å². The van der Waals surface area contributed by atoms with Crippen molar-refractivity contribution in [2.75, 3.05) is 19.8 Å². The van der Waals surface area contributed by atoms with Crippen LogP contribution in [0.3, 0.4) is 0 Å². The van der Waals surface area contributed by atoms with Crippen LogP contribution in [0.2, 0.25) is 0 Å². The van der Waals surface area contributed by atoms with Crippen LogP contribution in [0.1, 0.15) is 44.9 Å². The topological polar surface area (TPSA) is 27.7 Å². The summed E-state index contributed by atoms with van der Waals surface area (Å²) in [7, 11) is 0. The van der Waals surface area contributed by atoms with Crippen LogP contribution in [-0.2, 0) is 14.2 Å². The highest BCUT2D eigenvalue weighted by molar-refractivity contribution is 4.86. The quantitative estimate of drug-likeness (QED) is 0.687. The smallest absolute Gasteiger partial charge is 0.168 e. The number of hydrogen-bond donors (Lipinski definition) is 0. The van der Waals surface area contributed by atoms with E-state index in [0.29, 0.717) is 6.10 Å². The molecule has 0 amide bonds. The summed E-state index contributed by atoms with van der Waals surface area (Å²) in [6.07, 6.45) is 8.94. The molecule has 3 rings (SSSR count). The van der Waals surface area contributed by atoms with Gasteiger partial charge in [0.15, 0.2) is 5.79 Å². The van der Waals surface area contributed by atoms with E-state index in [1.54, 1.807) is 0 Å². The SMILES string of the molecule is C1CCC(C2CCC3(CC2)OCCO3)OC1. The highest BCUT2D eigenvalue weighted by Crippen LogP contribution is 2.41. The minimum Gasteiger partial charge on any atom is -0.378 e. The van der Waals surface area contributed by atoms with Crippen LogP contribution < -0.4 is 0 Å². The first-order valence-electron chi connectivity index (χ1n) is 6.78. The summed E-state index contributed by atoms with van der Waals surface area (Å²) in [5.74, 6) is 0.546. The molecule has 0 radical (unpaired) electrons. The lowest BCUT2D eigenvalue weighted by molar-refractivity contribution is -0.190. The molecule has 92 valence electrons. The molecule has 2 saturated heterocycles. The fraction of sp³-hybridized carbons (Fsp3) is 1.00. The molecular formula is C13H22O3. The molecule has 1 atom stereocenters. The molecule has 3 fully saturated rings. The molecule has 3 heteroatoms. The molecule has 2 aliphatic heterocycles. The Hall–Kier alpha value is -0.120. The molecule has 1 spiro atoms. The van der Waals surface area contributed by atoms with Crippen LogP contribution in [0.15, 0.2) is 0 Å². The van der Waals surface area contributed by atoms with Crippen molar-refractivity contribution in [3.63, 3.8) is 0 Å². The van der Waals surface area contributed by atoms with E-state index in [-0.39, 0.29) is 5.79 Å². The second kappa shape index (κ2) is 4.63. The van der Waals surface area contributed by atoms with Gasteiger partial charge in [-0.3, -0.25) is 0 Å². The van der Waals surface area contributed by atoms with E-state index in [4.69, 9.17) is 14.2 Å². The summed E-state index contributed by atoms with van der Waals surface area (Å²) < 4.78 is 17.4. The maximum Gasteiger partial charge on any atom is 0.168 e. The van der Waals surface area contributed by atoms with Crippen molar-refractivity contribution in [2.24, 2.45) is 5.92 Å². The molecule has 0 N–H and O–H groups in total. The summed E-state index contributed by atoms with van der Waals surface area (Å²) in [5.41, 5.74) is 0. The largest absolute Gasteiger partial charge is 0.378 e. The van der Waals surface area contributed by atoms with Gasteiger partial charge in [0.2, 0.25) is 0 Å². The second-order valence-electron chi connectivity index (χ2n) is 5.35. The Morgan fingerprint density at radius 2 is 1.56 bits per heavy atom. The van der Waals surface area contributed by atoms with E-state index >= 15 is 0 Å². The van der Waals surface area contributed by atoms with Crippen LogP contribution in [0, 0.1) is 5.92 Å². The normalized spacial score (nSPS) is 35.6. The van der Waals surface area contributed by atoms with Crippen LogP contribution in [-0.4, -0.2) is 31.7 Å². The first kappa shape index (κ1) is 11.0. The van der Waals surface area contributed by atoms with Crippen LogP contribution in [0.5, 0.6) is 0 Å². The number of hydrogen-bond acceptors (Lipinski definition) is 3. The molecule has 0 aromatic heterocycles. The minimum atomic E-state index is -0.203. The van der Waals surface area contributed by atoms with Gasteiger partial charge in [0, 0.05) is 19.4 Å². The Balaban J connectivity index is 1.53. The molecule has 0 bridgehead atoms. The summed E-state index contributed by atoms with van der Waals surface area (Å²) >= 11 is 0. The molecule has 16 heavy (non-hydrogen) atoms. The van der Waals surface area contributed by atoms with E-state index in [2.05, 4.69) is 0 Å². The van der Waals surface area contributed by atoms with Gasteiger partial charge in [0.25, 0.3) is 0 Å². The minimum absolute atomic E-state index is 0.203. The summed E-state index contributed by atoms with van der Waals surface area (Å²) in [6, 6.07) is 0. The standard InChI is InChI=1S/C13H22O3/c1-2-8-14-12(3-1)11-4-6-13(7-5-11)15-9-10-16-13/h11-12H,1-10H2. The predicted octanol–water partition coefficient (Wildman–Crippen LogP) is 2.49. The maximum absolute atomic E-state index is 5.89. The van der Waals surface area contributed by atoms with E-state index < -0.39 is 0 Å². The lowest BCUT2D eigenvalue weighted by Gasteiger charge is -2.39. The Labute approximate surface area is 97.4 Å². The fourth-order valence-electron chi connectivity index (χ4n) is 3.37. The van der Waals surface area contributed by atoms with Gasteiger partial charge in [-0.25, -0.2) is 0 Å². The second-order valence-corrected chi connectivity index (χ2v) is 5.35. The van der Waals surface area contributed by atoms with Crippen LogP contribution in [0.4, 0.5) is 0 Å². The molecule has 1 aliphatic carbocycles. The fourth-order valence-corrected chi connectivity index (χ4v) is 3.37. The monoisotopic (exact) mass is 226 g/mol. The summed E-state index contributed by atoms with van der Waals surface area (Å²) in [4.78, 5) is 0. The molecule has 1 saturated carbocycles. The molecule has 3 nitrogen and oxygen atoms in total. The van der Waals surface area contributed by atoms with Crippen molar-refractivity contribution in [1.82, 2.24) is 0 Å². The van der Waals surface area contributed by atoms with E-state index in [1.807, 2.05) is 0 Å². The lowest BCUT2D eigenvalue weighted by atomic mass is 9.80. The average molecular weight is 226 g/mol. The number of ether oxygens (including phenoxy) is 3. The Morgan fingerprint density at radius 3 is 2.19 bits per heavy atom. The van der Waals surface area contributed by atoms with Gasteiger partial charge in [-0.15, -0.1) is 0 Å². The van der Waals surface area contributed by atoms with Gasteiger partial charge in [0.1, 0.15) is 0 Å². The third-order valence-electron chi connectivity index (χ3n) is 4.35. The lowest BCUT2D eigenvalue weighted by Crippen LogP contribution is -2.39. The maximum atomic E-state index is 5.89. The van der Waals surface area contributed by atoms with Crippen molar-refractivity contribution < 1.29 is 14.2 Å². The molecule has 2 heterocycles. The number of rotatable bonds is 1. The third kappa shape index (κ3) is 2.13. The molecule has 0 aromatic carbocycles. The highest BCUT2D eigenvalue weighted by atomic mass is 16.7. The van der Waals surface area contributed by atoms with Gasteiger partial charge in [-0.05, 0) is 38.0 Å². The van der Waals surface area contributed by atoms with E-state index in [9.17, 15) is 0 Å². The van der Waals surface area contributed by atoms with Crippen LogP contribution in [0.25, 0.3) is 0 Å². The predicted molar refractivity (Wildman–Crippen MR) is 60.2 cm³/mol. The molecule has 0 aromatic rings. The zero-order valence-electron chi connectivity index (χ0n) is 9.95. The molecular weight excluding hydrogens is 204 g/mol. The van der Waals surface area contributed by atoms with E-state index in [1.165, 1.54) is 32.1 Å². The Bertz CT molecular complexity index is 219. The third-order valence-corrected chi connectivity index (χ3v) is 4.35. The van der Waals surface area contributed by atoms with Gasteiger partial charge >= 0.3 is 0 Å². The highest BCUT2D eigenvalue weighted by Gasteiger charge is 2.42. The van der Waals surface area contributed by atoms with Crippen molar-refractivity contribution in [1.29, 1.82) is 0 Å². The van der Waals surface area contributed by atoms with Crippen molar-refractivity contribution in [2.45, 2.75) is 56.8 Å². The van der Waals surface area contributed by atoms with Gasteiger partial charge in [-0.1, -0.05) is 0 Å². The van der Waals surface area contributed by atoms with Crippen LogP contribution >= 0.6 is 0 Å². The van der Waals surface area contributed by atoms with Gasteiger partial charge in [0.05, 0.1) is 19.3 Å². The zero-order chi connectivity index (χ0) is 10.8. The van der Waals surface area contributed by atoms with Gasteiger partial charge in [-0.2, -0.15) is 0 Å². The zero-order valence-corrected chi connectivity index (χ0v) is 9.95. The van der Waals surface area contributed by atoms with Crippen molar-refractivity contribution in [3.8, 4) is 0 Å². The molecule has 1 unspecified atom stereocenters. The van der Waals surface area contributed by atoms with Gasteiger partial charge < -0.3 is 14.2 Å². The Kier molecular flexibility index (Phi) is 3.18. The molecule has 3 aliphatic rings. The van der Waals surface area contributed by atoms with Crippen molar-refractivity contribution >= 4 is 0 Å².